The SMILES string of the molecule is COC(=O)C(CNCc1ccccc1Cl)NC(C)=O. The number of esters is 1. The molecule has 1 aromatic carbocycles. The van der Waals surface area contributed by atoms with Crippen LogP contribution in [0.1, 0.15) is 12.5 Å². The second-order valence-electron chi connectivity index (χ2n) is 4.00. The van der Waals surface area contributed by atoms with Crippen LogP contribution in [0.15, 0.2) is 24.3 Å². The molecule has 19 heavy (non-hydrogen) atoms. The van der Waals surface area contributed by atoms with Crippen LogP contribution in [0, 0.1) is 0 Å². The summed E-state index contributed by atoms with van der Waals surface area (Å²) >= 11 is 6.01. The number of hydrogen-bond donors (Lipinski definition) is 2. The number of nitrogens with one attached hydrogen (secondary N) is 2. The van der Waals surface area contributed by atoms with E-state index in [1.165, 1.54) is 14.0 Å². The molecule has 0 aromatic heterocycles. The third-order valence-corrected chi connectivity index (χ3v) is 2.85. The molecule has 0 aliphatic carbocycles. The first-order chi connectivity index (χ1) is 9.04. The molecule has 2 N–H and O–H groups in total. The number of rotatable bonds is 6. The standard InChI is InChI=1S/C13H17ClN2O3/c1-9(17)16-12(13(18)19-2)8-15-7-10-5-3-4-6-11(10)14/h3-6,12,15H,7-8H2,1-2H3,(H,16,17). The zero-order chi connectivity index (χ0) is 14.3. The van der Waals surface area contributed by atoms with Gasteiger partial charge in [0.05, 0.1) is 7.11 Å². The Morgan fingerprint density at radius 1 is 1.37 bits per heavy atom. The summed E-state index contributed by atoms with van der Waals surface area (Å²) < 4.78 is 4.62. The third kappa shape index (κ3) is 5.28. The van der Waals surface area contributed by atoms with Crippen molar-refractivity contribution in [1.82, 2.24) is 10.6 Å². The van der Waals surface area contributed by atoms with E-state index in [2.05, 4.69) is 15.4 Å². The van der Waals surface area contributed by atoms with E-state index in [1.54, 1.807) is 6.07 Å². The highest BCUT2D eigenvalue weighted by molar-refractivity contribution is 6.31. The first kappa shape index (κ1) is 15.5. The lowest BCUT2D eigenvalue weighted by Crippen LogP contribution is -2.46. The van der Waals surface area contributed by atoms with Crippen LogP contribution >= 0.6 is 11.6 Å². The van der Waals surface area contributed by atoms with E-state index in [4.69, 9.17) is 11.6 Å². The molecule has 0 fully saturated rings. The molecule has 0 bridgehead atoms. The van der Waals surface area contributed by atoms with Gasteiger partial charge in [0.2, 0.25) is 5.91 Å². The number of halogens is 1. The van der Waals surface area contributed by atoms with Crippen molar-refractivity contribution < 1.29 is 14.3 Å². The van der Waals surface area contributed by atoms with Gasteiger partial charge >= 0.3 is 5.97 Å². The summed E-state index contributed by atoms with van der Waals surface area (Å²) in [6, 6.07) is 6.71. The summed E-state index contributed by atoms with van der Waals surface area (Å²) in [5.74, 6) is -0.767. The van der Waals surface area contributed by atoms with Gasteiger partial charge in [0.25, 0.3) is 0 Å². The molecule has 0 heterocycles. The van der Waals surface area contributed by atoms with E-state index in [0.717, 1.165) is 5.56 Å². The highest BCUT2D eigenvalue weighted by Crippen LogP contribution is 2.14. The molecular formula is C13H17ClN2O3. The maximum absolute atomic E-state index is 11.5. The fourth-order valence-electron chi connectivity index (χ4n) is 1.57. The van der Waals surface area contributed by atoms with Gasteiger partial charge in [0.1, 0.15) is 6.04 Å². The van der Waals surface area contributed by atoms with Crippen molar-refractivity contribution in [3.63, 3.8) is 0 Å². The molecule has 0 saturated carbocycles. The van der Waals surface area contributed by atoms with Crippen molar-refractivity contribution in [2.24, 2.45) is 0 Å². The molecule has 1 unspecified atom stereocenters. The lowest BCUT2D eigenvalue weighted by Gasteiger charge is -2.16. The minimum Gasteiger partial charge on any atom is -0.467 e. The quantitative estimate of drug-likeness (QED) is 0.768. The normalized spacial score (nSPS) is 11.7. The van der Waals surface area contributed by atoms with Gasteiger partial charge < -0.3 is 15.4 Å². The van der Waals surface area contributed by atoms with Crippen molar-refractivity contribution in [2.75, 3.05) is 13.7 Å². The van der Waals surface area contributed by atoms with Gasteiger partial charge in [-0.25, -0.2) is 4.79 Å². The maximum atomic E-state index is 11.5. The molecule has 0 spiro atoms. The Morgan fingerprint density at radius 2 is 2.05 bits per heavy atom. The van der Waals surface area contributed by atoms with Crippen molar-refractivity contribution in [2.45, 2.75) is 19.5 Å². The van der Waals surface area contributed by atoms with Crippen molar-refractivity contribution >= 4 is 23.5 Å². The lowest BCUT2D eigenvalue weighted by molar-refractivity contribution is -0.144. The average molecular weight is 285 g/mol. The zero-order valence-electron chi connectivity index (χ0n) is 10.9. The topological polar surface area (TPSA) is 67.4 Å². The number of amides is 1. The van der Waals surface area contributed by atoms with E-state index in [1.807, 2.05) is 18.2 Å². The number of carbonyl (C=O) groups excluding carboxylic acids is 2. The van der Waals surface area contributed by atoms with Gasteiger partial charge in [-0.05, 0) is 11.6 Å². The summed E-state index contributed by atoms with van der Waals surface area (Å²) in [5, 5.41) is 6.24. The Kier molecular flexibility index (Phi) is 6.32. The smallest absolute Gasteiger partial charge is 0.329 e. The molecule has 1 amide bonds. The van der Waals surface area contributed by atoms with E-state index < -0.39 is 12.0 Å². The summed E-state index contributed by atoms with van der Waals surface area (Å²) in [7, 11) is 1.28. The molecule has 1 rings (SSSR count). The Morgan fingerprint density at radius 3 is 2.63 bits per heavy atom. The van der Waals surface area contributed by atoms with Crippen LogP contribution in [0.5, 0.6) is 0 Å². The van der Waals surface area contributed by atoms with Crippen LogP contribution in [0.3, 0.4) is 0 Å². The van der Waals surface area contributed by atoms with Crippen LogP contribution in [0.4, 0.5) is 0 Å². The van der Waals surface area contributed by atoms with Gasteiger partial charge in [-0.3, -0.25) is 4.79 Å². The highest BCUT2D eigenvalue weighted by atomic mass is 35.5. The number of hydrogen-bond acceptors (Lipinski definition) is 4. The lowest BCUT2D eigenvalue weighted by atomic mass is 10.2. The molecule has 0 saturated heterocycles. The summed E-state index contributed by atoms with van der Waals surface area (Å²) in [5.41, 5.74) is 0.926. The Balaban J connectivity index is 2.50. The first-order valence-corrected chi connectivity index (χ1v) is 6.21. The molecule has 104 valence electrons. The van der Waals surface area contributed by atoms with Crippen LogP contribution in [-0.2, 0) is 20.9 Å². The summed E-state index contributed by atoms with van der Waals surface area (Å²) in [6.07, 6.45) is 0. The van der Waals surface area contributed by atoms with Crippen molar-refractivity contribution in [3.05, 3.63) is 34.9 Å². The fraction of sp³-hybridized carbons (Fsp3) is 0.385. The largest absolute Gasteiger partial charge is 0.467 e. The highest BCUT2D eigenvalue weighted by Gasteiger charge is 2.19. The van der Waals surface area contributed by atoms with Crippen LogP contribution in [0.25, 0.3) is 0 Å². The molecule has 0 aliphatic heterocycles. The van der Waals surface area contributed by atoms with Crippen LogP contribution in [0.2, 0.25) is 5.02 Å². The Hall–Kier alpha value is -1.59. The predicted molar refractivity (Wildman–Crippen MR) is 72.8 cm³/mol. The molecule has 1 atom stereocenters. The monoisotopic (exact) mass is 284 g/mol. The minimum absolute atomic E-state index is 0.275. The van der Waals surface area contributed by atoms with Gasteiger partial charge in [0.15, 0.2) is 0 Å². The van der Waals surface area contributed by atoms with Crippen molar-refractivity contribution in [3.8, 4) is 0 Å². The maximum Gasteiger partial charge on any atom is 0.329 e. The Bertz CT molecular complexity index is 451. The third-order valence-electron chi connectivity index (χ3n) is 2.48. The van der Waals surface area contributed by atoms with Crippen LogP contribution in [-0.4, -0.2) is 31.6 Å². The average Bonchev–Trinajstić information content (AvgIpc) is 2.38. The van der Waals surface area contributed by atoms with Gasteiger partial charge in [-0.2, -0.15) is 0 Å². The van der Waals surface area contributed by atoms with Gasteiger partial charge in [-0.1, -0.05) is 29.8 Å². The second-order valence-corrected chi connectivity index (χ2v) is 4.41. The Labute approximate surface area is 117 Å². The van der Waals surface area contributed by atoms with Crippen LogP contribution < -0.4 is 10.6 Å². The van der Waals surface area contributed by atoms with Gasteiger partial charge in [0, 0.05) is 25.0 Å². The molecule has 5 nitrogen and oxygen atoms in total. The van der Waals surface area contributed by atoms with E-state index in [0.29, 0.717) is 11.6 Å². The molecule has 1 aromatic rings. The van der Waals surface area contributed by atoms with E-state index >= 15 is 0 Å². The zero-order valence-corrected chi connectivity index (χ0v) is 11.7. The molecule has 0 aliphatic rings. The van der Waals surface area contributed by atoms with Gasteiger partial charge in [-0.15, -0.1) is 0 Å². The predicted octanol–water partition coefficient (Wildman–Crippen LogP) is 1.11. The summed E-state index contributed by atoms with van der Waals surface area (Å²) in [4.78, 5) is 22.4. The van der Waals surface area contributed by atoms with Crippen molar-refractivity contribution in [1.29, 1.82) is 0 Å². The van der Waals surface area contributed by atoms with E-state index in [9.17, 15) is 9.59 Å². The second kappa shape index (κ2) is 7.76. The molecular weight excluding hydrogens is 268 g/mol. The number of methoxy groups -OCH3 is 1. The van der Waals surface area contributed by atoms with E-state index in [-0.39, 0.29) is 12.5 Å². The number of ether oxygens (including phenoxy) is 1. The first-order valence-electron chi connectivity index (χ1n) is 5.83. The minimum atomic E-state index is -0.704. The number of carbonyl (C=O) groups is 2. The molecule has 6 heteroatoms. The number of benzene rings is 1. The molecule has 0 radical (unpaired) electrons. The fourth-order valence-corrected chi connectivity index (χ4v) is 1.78. The summed E-state index contributed by atoms with van der Waals surface area (Å²) in [6.45, 7) is 2.13.